The van der Waals surface area contributed by atoms with Crippen molar-refractivity contribution in [2.24, 2.45) is 5.92 Å². The number of aromatic nitrogens is 1. The van der Waals surface area contributed by atoms with Gasteiger partial charge in [-0.15, -0.1) is 0 Å². The number of hydrogen-bond acceptors (Lipinski definition) is 3. The number of carbonyl (C=O) groups excluding carboxylic acids is 2. The Labute approximate surface area is 165 Å². The average Bonchev–Trinajstić information content (AvgIpc) is 3.42. The van der Waals surface area contributed by atoms with Gasteiger partial charge in [-0.05, 0) is 42.0 Å². The maximum absolute atomic E-state index is 12.4. The van der Waals surface area contributed by atoms with E-state index in [2.05, 4.69) is 29.2 Å². The fourth-order valence-corrected chi connectivity index (χ4v) is 4.04. The highest BCUT2D eigenvalue weighted by atomic mass is 16.5. The fourth-order valence-electron chi connectivity index (χ4n) is 4.04. The maximum atomic E-state index is 12.4. The second-order valence-corrected chi connectivity index (χ2v) is 7.68. The number of likely N-dealkylation sites (tertiary alicyclic amines) is 1. The summed E-state index contributed by atoms with van der Waals surface area (Å²) in [6, 6.07) is 12.0. The molecular formula is C22H27N3O3. The minimum atomic E-state index is 0.0875. The Hall–Kier alpha value is -2.60. The first-order valence-corrected chi connectivity index (χ1v) is 10.0. The van der Waals surface area contributed by atoms with Crippen molar-refractivity contribution in [2.45, 2.75) is 19.3 Å². The number of hydrogen-bond donors (Lipinski definition) is 1. The molecule has 1 aromatic carbocycles. The summed E-state index contributed by atoms with van der Waals surface area (Å²) >= 11 is 0. The van der Waals surface area contributed by atoms with Crippen molar-refractivity contribution in [3.8, 4) is 0 Å². The molecule has 6 heteroatoms. The molecule has 4 rings (SSSR count). The van der Waals surface area contributed by atoms with Gasteiger partial charge in [0.2, 0.25) is 5.91 Å². The lowest BCUT2D eigenvalue weighted by molar-refractivity contribution is -0.134. The second kappa shape index (κ2) is 8.61. The zero-order valence-electron chi connectivity index (χ0n) is 16.1. The van der Waals surface area contributed by atoms with Crippen LogP contribution in [0.4, 0.5) is 0 Å². The molecule has 28 heavy (non-hydrogen) atoms. The van der Waals surface area contributed by atoms with E-state index in [-0.39, 0.29) is 11.8 Å². The smallest absolute Gasteiger partial charge is 0.270 e. The standard InChI is InChI=1S/C22H27N3O3/c26-21(24-10-12-28-13-11-24)15-18-5-3-17(4-6-18)14-19-7-9-25(16-19)22(27)20-2-1-8-23-20/h1-6,8,19,23H,7,9-16H2. The normalized spacial score (nSPS) is 19.8. The van der Waals surface area contributed by atoms with Gasteiger partial charge in [0.15, 0.2) is 0 Å². The van der Waals surface area contributed by atoms with E-state index < -0.39 is 0 Å². The van der Waals surface area contributed by atoms with Crippen molar-refractivity contribution in [1.29, 1.82) is 0 Å². The molecule has 0 saturated carbocycles. The van der Waals surface area contributed by atoms with Crippen molar-refractivity contribution in [3.63, 3.8) is 0 Å². The number of ether oxygens (including phenoxy) is 1. The van der Waals surface area contributed by atoms with Crippen LogP contribution in [0.25, 0.3) is 0 Å². The molecule has 2 aromatic rings. The quantitative estimate of drug-likeness (QED) is 0.863. The highest BCUT2D eigenvalue weighted by Crippen LogP contribution is 2.22. The monoisotopic (exact) mass is 381 g/mol. The Kier molecular flexibility index (Phi) is 5.76. The van der Waals surface area contributed by atoms with Gasteiger partial charge in [0.25, 0.3) is 5.91 Å². The Balaban J connectivity index is 1.27. The number of benzene rings is 1. The largest absolute Gasteiger partial charge is 0.378 e. The molecule has 148 valence electrons. The highest BCUT2D eigenvalue weighted by molar-refractivity contribution is 5.92. The molecule has 6 nitrogen and oxygen atoms in total. The predicted octanol–water partition coefficient (Wildman–Crippen LogP) is 2.12. The topological polar surface area (TPSA) is 65.6 Å². The van der Waals surface area contributed by atoms with Crippen molar-refractivity contribution in [1.82, 2.24) is 14.8 Å². The van der Waals surface area contributed by atoms with Gasteiger partial charge < -0.3 is 19.5 Å². The number of nitrogens with one attached hydrogen (secondary N) is 1. The van der Waals surface area contributed by atoms with Gasteiger partial charge in [0.05, 0.1) is 19.6 Å². The summed E-state index contributed by atoms with van der Waals surface area (Å²) in [5, 5.41) is 0. The fraction of sp³-hybridized carbons (Fsp3) is 0.455. The van der Waals surface area contributed by atoms with Crippen molar-refractivity contribution in [2.75, 3.05) is 39.4 Å². The van der Waals surface area contributed by atoms with Gasteiger partial charge >= 0.3 is 0 Å². The van der Waals surface area contributed by atoms with Crippen LogP contribution >= 0.6 is 0 Å². The Bertz CT molecular complexity index is 795. The number of morpholine rings is 1. The van der Waals surface area contributed by atoms with E-state index in [1.165, 1.54) is 5.56 Å². The van der Waals surface area contributed by atoms with E-state index >= 15 is 0 Å². The van der Waals surface area contributed by atoms with Crippen LogP contribution in [-0.4, -0.2) is 66.0 Å². The van der Waals surface area contributed by atoms with Gasteiger partial charge in [0, 0.05) is 32.4 Å². The van der Waals surface area contributed by atoms with E-state index in [0.717, 1.165) is 31.5 Å². The van der Waals surface area contributed by atoms with Crippen LogP contribution in [0.1, 0.15) is 28.0 Å². The molecule has 1 atom stereocenters. The van der Waals surface area contributed by atoms with Gasteiger partial charge in [0.1, 0.15) is 5.69 Å². The SMILES string of the molecule is O=C(Cc1ccc(CC2CCN(C(=O)c3ccc[nH]3)C2)cc1)N1CCOCC1. The summed E-state index contributed by atoms with van der Waals surface area (Å²) in [5.74, 6) is 0.745. The van der Waals surface area contributed by atoms with Crippen molar-refractivity contribution in [3.05, 3.63) is 59.4 Å². The lowest BCUT2D eigenvalue weighted by Crippen LogP contribution is -2.41. The summed E-state index contributed by atoms with van der Waals surface area (Å²) in [7, 11) is 0. The van der Waals surface area contributed by atoms with Crippen LogP contribution in [0.15, 0.2) is 42.6 Å². The third-order valence-electron chi connectivity index (χ3n) is 5.67. The number of nitrogens with zero attached hydrogens (tertiary/aromatic N) is 2. The predicted molar refractivity (Wildman–Crippen MR) is 106 cm³/mol. The minimum absolute atomic E-state index is 0.0875. The molecule has 0 radical (unpaired) electrons. The Morgan fingerprint density at radius 1 is 1.00 bits per heavy atom. The summed E-state index contributed by atoms with van der Waals surface area (Å²) in [6.45, 7) is 4.27. The zero-order valence-corrected chi connectivity index (χ0v) is 16.1. The van der Waals surface area contributed by atoms with Crippen LogP contribution in [-0.2, 0) is 22.4 Å². The number of rotatable bonds is 5. The van der Waals surface area contributed by atoms with E-state index in [1.807, 2.05) is 21.9 Å². The van der Waals surface area contributed by atoms with Gasteiger partial charge in [-0.3, -0.25) is 9.59 Å². The van der Waals surface area contributed by atoms with Crippen LogP contribution < -0.4 is 0 Å². The van der Waals surface area contributed by atoms with E-state index in [9.17, 15) is 9.59 Å². The molecule has 1 aromatic heterocycles. The summed E-state index contributed by atoms with van der Waals surface area (Å²) < 4.78 is 5.30. The first-order valence-electron chi connectivity index (χ1n) is 10.0. The van der Waals surface area contributed by atoms with E-state index in [1.54, 1.807) is 6.20 Å². The molecule has 1 unspecified atom stereocenters. The van der Waals surface area contributed by atoms with Gasteiger partial charge in [-0.1, -0.05) is 24.3 Å². The lowest BCUT2D eigenvalue weighted by Gasteiger charge is -2.26. The van der Waals surface area contributed by atoms with Crippen LogP contribution in [0.5, 0.6) is 0 Å². The van der Waals surface area contributed by atoms with Gasteiger partial charge in [-0.2, -0.15) is 0 Å². The Morgan fingerprint density at radius 3 is 2.46 bits per heavy atom. The maximum Gasteiger partial charge on any atom is 0.270 e. The molecule has 0 spiro atoms. The molecule has 2 aliphatic heterocycles. The van der Waals surface area contributed by atoms with Gasteiger partial charge in [-0.25, -0.2) is 0 Å². The van der Waals surface area contributed by atoms with Crippen LogP contribution in [0.2, 0.25) is 0 Å². The molecule has 3 heterocycles. The number of aromatic amines is 1. The number of amides is 2. The molecular weight excluding hydrogens is 354 g/mol. The minimum Gasteiger partial charge on any atom is -0.378 e. The molecule has 2 fully saturated rings. The molecule has 2 amide bonds. The summed E-state index contributed by atoms with van der Waals surface area (Å²) in [6.07, 6.45) is 4.23. The molecule has 2 aliphatic rings. The van der Waals surface area contributed by atoms with Crippen LogP contribution in [0.3, 0.4) is 0 Å². The number of carbonyl (C=O) groups is 2. The lowest BCUT2D eigenvalue weighted by atomic mass is 9.97. The van der Waals surface area contributed by atoms with Crippen molar-refractivity contribution < 1.29 is 14.3 Å². The Morgan fingerprint density at radius 2 is 1.75 bits per heavy atom. The molecule has 0 bridgehead atoms. The molecule has 0 aliphatic carbocycles. The molecule has 2 saturated heterocycles. The number of H-pyrrole nitrogens is 1. The third-order valence-corrected chi connectivity index (χ3v) is 5.67. The molecule has 1 N–H and O–H groups in total. The summed E-state index contributed by atoms with van der Waals surface area (Å²) in [5.41, 5.74) is 2.98. The van der Waals surface area contributed by atoms with E-state index in [0.29, 0.717) is 44.3 Å². The highest BCUT2D eigenvalue weighted by Gasteiger charge is 2.27. The first-order chi connectivity index (χ1) is 13.7. The third kappa shape index (κ3) is 4.44. The second-order valence-electron chi connectivity index (χ2n) is 7.68. The average molecular weight is 381 g/mol. The summed E-state index contributed by atoms with van der Waals surface area (Å²) in [4.78, 5) is 31.6. The van der Waals surface area contributed by atoms with E-state index in [4.69, 9.17) is 4.74 Å². The van der Waals surface area contributed by atoms with Crippen molar-refractivity contribution >= 4 is 11.8 Å². The zero-order chi connectivity index (χ0) is 19.3. The first kappa shape index (κ1) is 18.7. The van der Waals surface area contributed by atoms with Crippen LogP contribution in [0, 0.1) is 5.92 Å².